The molecule has 0 aromatic heterocycles. The fourth-order valence-electron chi connectivity index (χ4n) is 3.76. The summed E-state index contributed by atoms with van der Waals surface area (Å²) in [7, 11) is 0. The van der Waals surface area contributed by atoms with Crippen molar-refractivity contribution in [3.63, 3.8) is 0 Å². The molecular weight excluding hydrogens is 328 g/mol. The third kappa shape index (κ3) is 2.85. The van der Waals surface area contributed by atoms with Gasteiger partial charge in [0, 0.05) is 6.61 Å². The standard InChI is InChI=1S/C19H19F2NO3/c20-15-5-1-3-13(9-15)17-22-18(14-4-2-6-16(21)10-14)25-12-19(22,7-8-23)11-24-17/h1-6,9-10,17-18,23H,7-8,11-12H2/t17-,18+,19?. The SMILES string of the molecule is OCCC12CO[C@H](c3cccc(F)c3)N1[C@H](c1cccc(F)c1)OC2. The fourth-order valence-corrected chi connectivity index (χ4v) is 3.76. The summed E-state index contributed by atoms with van der Waals surface area (Å²) in [5.74, 6) is -0.689. The van der Waals surface area contributed by atoms with E-state index in [9.17, 15) is 13.9 Å². The van der Waals surface area contributed by atoms with Gasteiger partial charge in [-0.15, -0.1) is 0 Å². The number of ether oxygens (including phenoxy) is 2. The average Bonchev–Trinajstić information content (AvgIpc) is 3.12. The van der Waals surface area contributed by atoms with Gasteiger partial charge in [0.2, 0.25) is 0 Å². The first-order chi connectivity index (χ1) is 12.1. The summed E-state index contributed by atoms with van der Waals surface area (Å²) >= 11 is 0. The van der Waals surface area contributed by atoms with Gasteiger partial charge >= 0.3 is 0 Å². The second-order valence-corrected chi connectivity index (χ2v) is 6.54. The zero-order valence-electron chi connectivity index (χ0n) is 13.6. The van der Waals surface area contributed by atoms with Gasteiger partial charge in [-0.05, 0) is 41.8 Å². The average molecular weight is 347 g/mol. The molecule has 0 radical (unpaired) electrons. The Kier molecular flexibility index (Phi) is 4.29. The van der Waals surface area contributed by atoms with Crippen molar-refractivity contribution in [1.29, 1.82) is 0 Å². The van der Waals surface area contributed by atoms with E-state index in [1.165, 1.54) is 24.3 Å². The van der Waals surface area contributed by atoms with E-state index in [0.717, 1.165) is 0 Å². The monoisotopic (exact) mass is 347 g/mol. The molecule has 4 rings (SSSR count). The predicted octanol–water partition coefficient (Wildman–Crippen LogP) is 3.15. The van der Waals surface area contributed by atoms with Gasteiger partial charge in [0.25, 0.3) is 0 Å². The zero-order valence-corrected chi connectivity index (χ0v) is 13.6. The first kappa shape index (κ1) is 16.6. The molecule has 2 heterocycles. The Morgan fingerprint density at radius 3 is 1.92 bits per heavy atom. The molecule has 0 amide bonds. The maximum absolute atomic E-state index is 13.7. The van der Waals surface area contributed by atoms with E-state index in [0.29, 0.717) is 30.8 Å². The molecule has 2 aliphatic rings. The highest BCUT2D eigenvalue weighted by molar-refractivity contribution is 5.26. The van der Waals surface area contributed by atoms with Gasteiger partial charge in [0.1, 0.15) is 24.1 Å². The lowest BCUT2D eigenvalue weighted by atomic mass is 9.96. The fraction of sp³-hybridized carbons (Fsp3) is 0.368. The highest BCUT2D eigenvalue weighted by Crippen LogP contribution is 2.50. The number of fused-ring (bicyclic) bond motifs is 1. The molecule has 4 nitrogen and oxygen atoms in total. The summed E-state index contributed by atoms with van der Waals surface area (Å²) in [6.07, 6.45) is -0.569. The van der Waals surface area contributed by atoms with Crippen LogP contribution < -0.4 is 0 Å². The highest BCUT2D eigenvalue weighted by Gasteiger charge is 2.56. The molecule has 0 bridgehead atoms. The van der Waals surface area contributed by atoms with Crippen molar-refractivity contribution >= 4 is 0 Å². The van der Waals surface area contributed by atoms with Crippen molar-refractivity contribution in [3.8, 4) is 0 Å². The topological polar surface area (TPSA) is 41.9 Å². The number of rotatable bonds is 4. The van der Waals surface area contributed by atoms with E-state index < -0.39 is 18.0 Å². The number of benzene rings is 2. The van der Waals surface area contributed by atoms with Crippen molar-refractivity contribution in [1.82, 2.24) is 4.90 Å². The molecule has 1 unspecified atom stereocenters. The Bertz CT molecular complexity index is 712. The Morgan fingerprint density at radius 2 is 1.48 bits per heavy atom. The number of hydrogen-bond donors (Lipinski definition) is 1. The van der Waals surface area contributed by atoms with Gasteiger partial charge in [0.05, 0.1) is 18.8 Å². The molecule has 2 aromatic rings. The molecule has 25 heavy (non-hydrogen) atoms. The van der Waals surface area contributed by atoms with Crippen LogP contribution in [0.25, 0.3) is 0 Å². The van der Waals surface area contributed by atoms with Crippen LogP contribution in [0.15, 0.2) is 48.5 Å². The molecule has 2 aromatic carbocycles. The van der Waals surface area contributed by atoms with E-state index in [4.69, 9.17) is 9.47 Å². The van der Waals surface area contributed by atoms with Crippen molar-refractivity contribution in [3.05, 3.63) is 71.3 Å². The molecule has 0 aliphatic carbocycles. The lowest BCUT2D eigenvalue weighted by Crippen LogP contribution is -2.45. The van der Waals surface area contributed by atoms with Crippen molar-refractivity contribution in [2.24, 2.45) is 0 Å². The predicted molar refractivity (Wildman–Crippen MR) is 86.5 cm³/mol. The summed E-state index contributed by atoms with van der Waals surface area (Å²) < 4.78 is 39.3. The minimum absolute atomic E-state index is 0.0189. The molecule has 6 heteroatoms. The van der Waals surface area contributed by atoms with E-state index in [2.05, 4.69) is 0 Å². The molecule has 0 spiro atoms. The van der Waals surface area contributed by atoms with Gasteiger partial charge < -0.3 is 14.6 Å². The van der Waals surface area contributed by atoms with Crippen molar-refractivity contribution in [2.75, 3.05) is 19.8 Å². The summed E-state index contributed by atoms with van der Waals surface area (Å²) in [4.78, 5) is 1.99. The van der Waals surface area contributed by atoms with E-state index in [-0.39, 0.29) is 18.2 Å². The molecular formula is C19H19F2NO3. The van der Waals surface area contributed by atoms with Crippen LogP contribution in [0.3, 0.4) is 0 Å². The van der Waals surface area contributed by atoms with Crippen LogP contribution in [0, 0.1) is 11.6 Å². The molecule has 2 fully saturated rings. The lowest BCUT2D eigenvalue weighted by Gasteiger charge is -2.34. The number of aliphatic hydroxyl groups is 1. The first-order valence-corrected chi connectivity index (χ1v) is 8.26. The summed E-state index contributed by atoms with van der Waals surface area (Å²) in [5, 5.41) is 9.51. The number of hydrogen-bond acceptors (Lipinski definition) is 4. The Morgan fingerprint density at radius 1 is 0.960 bits per heavy atom. The van der Waals surface area contributed by atoms with Crippen LogP contribution in [0.4, 0.5) is 8.78 Å². The molecule has 2 aliphatic heterocycles. The van der Waals surface area contributed by atoms with Gasteiger partial charge in [-0.25, -0.2) is 13.7 Å². The smallest absolute Gasteiger partial charge is 0.139 e. The van der Waals surface area contributed by atoms with E-state index >= 15 is 0 Å². The maximum atomic E-state index is 13.7. The maximum Gasteiger partial charge on any atom is 0.139 e. The number of aliphatic hydroxyl groups excluding tert-OH is 1. The quantitative estimate of drug-likeness (QED) is 0.923. The van der Waals surface area contributed by atoms with Crippen LogP contribution in [0.2, 0.25) is 0 Å². The van der Waals surface area contributed by atoms with Gasteiger partial charge in [-0.2, -0.15) is 0 Å². The van der Waals surface area contributed by atoms with Crippen LogP contribution >= 0.6 is 0 Å². The highest BCUT2D eigenvalue weighted by atomic mass is 19.1. The van der Waals surface area contributed by atoms with E-state index in [1.54, 1.807) is 24.3 Å². The van der Waals surface area contributed by atoms with Gasteiger partial charge in [0.15, 0.2) is 0 Å². The van der Waals surface area contributed by atoms with Crippen molar-refractivity contribution in [2.45, 2.75) is 24.4 Å². The molecule has 2 saturated heterocycles. The number of nitrogens with zero attached hydrogens (tertiary/aromatic N) is 1. The minimum atomic E-state index is -0.516. The largest absolute Gasteiger partial charge is 0.396 e. The molecule has 3 atom stereocenters. The van der Waals surface area contributed by atoms with Crippen LogP contribution in [-0.4, -0.2) is 35.4 Å². The summed E-state index contributed by atoms with van der Waals surface area (Å²) in [5.41, 5.74) is 0.835. The van der Waals surface area contributed by atoms with Crippen LogP contribution in [0.5, 0.6) is 0 Å². The normalized spacial score (nSPS) is 29.1. The Balaban J connectivity index is 1.75. The number of halogens is 2. The zero-order chi connectivity index (χ0) is 17.4. The summed E-state index contributed by atoms with van der Waals surface area (Å²) in [6.45, 7) is 0.704. The van der Waals surface area contributed by atoms with Crippen LogP contribution in [0.1, 0.15) is 30.0 Å². The van der Waals surface area contributed by atoms with E-state index in [1.807, 2.05) is 4.90 Å². The Hall–Kier alpha value is -1.86. The third-order valence-corrected chi connectivity index (χ3v) is 4.92. The first-order valence-electron chi connectivity index (χ1n) is 8.26. The molecule has 1 N–H and O–H groups in total. The Labute approximate surface area is 144 Å². The molecule has 132 valence electrons. The summed E-state index contributed by atoms with van der Waals surface area (Å²) in [6, 6.07) is 12.5. The van der Waals surface area contributed by atoms with Crippen molar-refractivity contribution < 1.29 is 23.4 Å². The van der Waals surface area contributed by atoms with Gasteiger partial charge in [-0.3, -0.25) is 0 Å². The van der Waals surface area contributed by atoms with Gasteiger partial charge in [-0.1, -0.05) is 24.3 Å². The second-order valence-electron chi connectivity index (χ2n) is 6.54. The van der Waals surface area contributed by atoms with Crippen LogP contribution in [-0.2, 0) is 9.47 Å². The molecule has 0 saturated carbocycles. The minimum Gasteiger partial charge on any atom is -0.396 e. The second kappa shape index (κ2) is 6.46. The lowest BCUT2D eigenvalue weighted by molar-refractivity contribution is -0.0625. The third-order valence-electron chi connectivity index (χ3n) is 4.92.